The predicted octanol–water partition coefficient (Wildman–Crippen LogP) is 3.35. The number of ether oxygens (including phenoxy) is 1. The fourth-order valence-electron chi connectivity index (χ4n) is 1.25. The third kappa shape index (κ3) is 2.35. The summed E-state index contributed by atoms with van der Waals surface area (Å²) in [5.41, 5.74) is 0.600. The normalized spacial score (nSPS) is 9.27. The minimum absolute atomic E-state index is 0.600. The van der Waals surface area contributed by atoms with Crippen molar-refractivity contribution < 1.29 is 4.74 Å². The van der Waals surface area contributed by atoms with Crippen LogP contribution in [0.1, 0.15) is 5.56 Å². The number of para-hydroxylation sites is 1. The molecule has 2 aromatic carbocycles. The van der Waals surface area contributed by atoms with Gasteiger partial charge in [0.2, 0.25) is 0 Å². The van der Waals surface area contributed by atoms with Gasteiger partial charge in [0, 0.05) is 0 Å². The lowest BCUT2D eigenvalue weighted by atomic mass is 10.2. The molecule has 2 aromatic rings. The van der Waals surface area contributed by atoms with Crippen LogP contribution in [0.5, 0.6) is 11.5 Å². The second-order valence-corrected chi connectivity index (χ2v) is 3.05. The number of rotatable bonds is 2. The molecule has 15 heavy (non-hydrogen) atoms. The zero-order valence-corrected chi connectivity index (χ0v) is 8.05. The van der Waals surface area contributed by atoms with Crippen LogP contribution < -0.4 is 4.74 Å². The zero-order valence-electron chi connectivity index (χ0n) is 8.05. The lowest BCUT2D eigenvalue weighted by Crippen LogP contribution is -1.84. The van der Waals surface area contributed by atoms with E-state index in [1.54, 1.807) is 18.2 Å². The van der Waals surface area contributed by atoms with Crippen LogP contribution in [0.4, 0.5) is 0 Å². The summed E-state index contributed by atoms with van der Waals surface area (Å²) in [6.07, 6.45) is 0. The van der Waals surface area contributed by atoms with E-state index < -0.39 is 0 Å². The first kappa shape index (κ1) is 9.29. The summed E-state index contributed by atoms with van der Waals surface area (Å²) in [6.45, 7) is 0. The van der Waals surface area contributed by atoms with E-state index in [2.05, 4.69) is 6.07 Å². The molecule has 0 bridgehead atoms. The van der Waals surface area contributed by atoms with Gasteiger partial charge in [-0.15, -0.1) is 0 Å². The maximum Gasteiger partial charge on any atom is 0.128 e. The van der Waals surface area contributed by atoms with E-state index in [-0.39, 0.29) is 0 Å². The molecule has 0 saturated carbocycles. The summed E-state index contributed by atoms with van der Waals surface area (Å²) >= 11 is 0. The predicted molar refractivity (Wildman–Crippen MR) is 57.7 cm³/mol. The molecule has 0 saturated heterocycles. The van der Waals surface area contributed by atoms with Crippen molar-refractivity contribution in [3.8, 4) is 17.6 Å². The van der Waals surface area contributed by atoms with Crippen molar-refractivity contribution in [3.63, 3.8) is 0 Å². The Morgan fingerprint density at radius 1 is 0.867 bits per heavy atom. The molecule has 0 spiro atoms. The van der Waals surface area contributed by atoms with E-state index in [0.717, 1.165) is 5.75 Å². The van der Waals surface area contributed by atoms with Gasteiger partial charge in [-0.25, -0.2) is 0 Å². The van der Waals surface area contributed by atoms with Crippen LogP contribution in [0.25, 0.3) is 0 Å². The molecule has 0 aromatic heterocycles. The molecule has 2 rings (SSSR count). The molecule has 0 radical (unpaired) electrons. The third-order valence-electron chi connectivity index (χ3n) is 1.94. The van der Waals surface area contributed by atoms with Crippen molar-refractivity contribution in [2.75, 3.05) is 0 Å². The molecule has 0 heterocycles. The van der Waals surface area contributed by atoms with Crippen LogP contribution in [-0.4, -0.2) is 0 Å². The number of hydrogen-bond donors (Lipinski definition) is 0. The fourth-order valence-corrected chi connectivity index (χ4v) is 1.25. The van der Waals surface area contributed by atoms with Gasteiger partial charge in [0.1, 0.15) is 11.5 Å². The first-order valence-electron chi connectivity index (χ1n) is 4.61. The van der Waals surface area contributed by atoms with Crippen molar-refractivity contribution in [3.05, 3.63) is 60.2 Å². The van der Waals surface area contributed by atoms with Crippen LogP contribution in [0, 0.1) is 11.3 Å². The Morgan fingerprint density at radius 3 is 2.33 bits per heavy atom. The lowest BCUT2D eigenvalue weighted by molar-refractivity contribution is 0.482. The summed E-state index contributed by atoms with van der Waals surface area (Å²) in [7, 11) is 0. The van der Waals surface area contributed by atoms with Gasteiger partial charge in [-0.2, -0.15) is 5.26 Å². The zero-order chi connectivity index (χ0) is 10.5. The van der Waals surface area contributed by atoms with Gasteiger partial charge in [-0.3, -0.25) is 0 Å². The molecule has 0 amide bonds. The minimum Gasteiger partial charge on any atom is -0.457 e. The molecular weight excluding hydrogens is 186 g/mol. The molecule has 0 atom stereocenters. The minimum atomic E-state index is 0.600. The standard InChI is InChI=1S/C13H9NO/c14-10-11-5-4-8-13(9-11)15-12-6-2-1-3-7-12/h1-9H. The van der Waals surface area contributed by atoms with Gasteiger partial charge in [0.05, 0.1) is 11.6 Å². The first-order chi connectivity index (χ1) is 7.38. The van der Waals surface area contributed by atoms with Crippen LogP contribution in [-0.2, 0) is 0 Å². The Kier molecular flexibility index (Phi) is 2.66. The second-order valence-electron chi connectivity index (χ2n) is 3.05. The highest BCUT2D eigenvalue weighted by atomic mass is 16.5. The molecule has 2 nitrogen and oxygen atoms in total. The Morgan fingerprint density at radius 2 is 1.60 bits per heavy atom. The van der Waals surface area contributed by atoms with Gasteiger partial charge < -0.3 is 4.74 Å². The highest BCUT2D eigenvalue weighted by molar-refractivity contribution is 5.38. The van der Waals surface area contributed by atoms with Gasteiger partial charge >= 0.3 is 0 Å². The summed E-state index contributed by atoms with van der Waals surface area (Å²) in [5, 5.41) is 8.72. The monoisotopic (exact) mass is 195 g/mol. The van der Waals surface area contributed by atoms with Gasteiger partial charge in [0.15, 0.2) is 0 Å². The number of nitrogens with zero attached hydrogens (tertiary/aromatic N) is 1. The Hall–Kier alpha value is -2.27. The van der Waals surface area contributed by atoms with Gasteiger partial charge in [0.25, 0.3) is 0 Å². The van der Waals surface area contributed by atoms with E-state index in [0.29, 0.717) is 11.3 Å². The molecule has 0 N–H and O–H groups in total. The van der Waals surface area contributed by atoms with Crippen molar-refractivity contribution >= 4 is 0 Å². The van der Waals surface area contributed by atoms with Crippen molar-refractivity contribution in [2.24, 2.45) is 0 Å². The molecule has 0 aliphatic heterocycles. The molecule has 0 aliphatic rings. The van der Waals surface area contributed by atoms with E-state index in [1.807, 2.05) is 36.4 Å². The lowest BCUT2D eigenvalue weighted by Gasteiger charge is -2.04. The van der Waals surface area contributed by atoms with Crippen LogP contribution >= 0.6 is 0 Å². The largest absolute Gasteiger partial charge is 0.457 e. The summed E-state index contributed by atoms with van der Waals surface area (Å²) in [6, 6.07) is 18.7. The molecule has 72 valence electrons. The van der Waals surface area contributed by atoms with Crippen LogP contribution in [0.2, 0.25) is 0 Å². The van der Waals surface area contributed by atoms with Crippen molar-refractivity contribution in [1.29, 1.82) is 5.26 Å². The summed E-state index contributed by atoms with van der Waals surface area (Å²) in [4.78, 5) is 0. The maximum absolute atomic E-state index is 8.72. The number of hydrogen-bond acceptors (Lipinski definition) is 2. The number of benzene rings is 2. The molecule has 0 aliphatic carbocycles. The van der Waals surface area contributed by atoms with Crippen LogP contribution in [0.3, 0.4) is 0 Å². The van der Waals surface area contributed by atoms with Crippen molar-refractivity contribution in [2.45, 2.75) is 0 Å². The highest BCUT2D eigenvalue weighted by Gasteiger charge is 1.97. The van der Waals surface area contributed by atoms with Crippen LogP contribution in [0.15, 0.2) is 54.6 Å². The first-order valence-corrected chi connectivity index (χ1v) is 4.61. The van der Waals surface area contributed by atoms with E-state index in [1.165, 1.54) is 0 Å². The SMILES string of the molecule is N#Cc1cccc(Oc2ccccc2)c1. The molecular formula is C13H9NO. The Bertz CT molecular complexity index is 485. The van der Waals surface area contributed by atoms with Gasteiger partial charge in [-0.05, 0) is 30.3 Å². The summed E-state index contributed by atoms with van der Waals surface area (Å²) < 4.78 is 5.57. The smallest absolute Gasteiger partial charge is 0.128 e. The van der Waals surface area contributed by atoms with Crippen molar-refractivity contribution in [1.82, 2.24) is 0 Å². The maximum atomic E-state index is 8.72. The Labute approximate surface area is 88.4 Å². The molecule has 0 unspecified atom stereocenters. The third-order valence-corrected chi connectivity index (χ3v) is 1.94. The number of nitriles is 1. The average Bonchev–Trinajstić information content (AvgIpc) is 2.31. The second kappa shape index (κ2) is 4.30. The topological polar surface area (TPSA) is 33.0 Å². The molecule has 2 heteroatoms. The van der Waals surface area contributed by atoms with Gasteiger partial charge in [-0.1, -0.05) is 24.3 Å². The highest BCUT2D eigenvalue weighted by Crippen LogP contribution is 2.21. The van der Waals surface area contributed by atoms with E-state index in [9.17, 15) is 0 Å². The Balaban J connectivity index is 2.22. The average molecular weight is 195 g/mol. The fraction of sp³-hybridized carbons (Fsp3) is 0. The van der Waals surface area contributed by atoms with E-state index in [4.69, 9.17) is 10.00 Å². The molecule has 0 fully saturated rings. The van der Waals surface area contributed by atoms with E-state index >= 15 is 0 Å². The summed E-state index contributed by atoms with van der Waals surface area (Å²) in [5.74, 6) is 1.45. The quantitative estimate of drug-likeness (QED) is 0.736.